The fourth-order valence-corrected chi connectivity index (χ4v) is 4.64. The number of methoxy groups -OCH3 is 1. The number of amides is 1. The number of sulfonamides is 1. The van der Waals surface area contributed by atoms with E-state index in [1.807, 2.05) is 24.3 Å². The van der Waals surface area contributed by atoms with Crippen LogP contribution in [0.1, 0.15) is 27.0 Å². The van der Waals surface area contributed by atoms with Gasteiger partial charge < -0.3 is 10.1 Å². The maximum absolute atomic E-state index is 13.1. The fourth-order valence-electron chi connectivity index (χ4n) is 3.19. The zero-order valence-corrected chi connectivity index (χ0v) is 16.4. The van der Waals surface area contributed by atoms with Crippen LogP contribution in [0.3, 0.4) is 0 Å². The van der Waals surface area contributed by atoms with Gasteiger partial charge in [-0.2, -0.15) is 4.31 Å². The average Bonchev–Trinajstić information content (AvgIpc) is 2.67. The second-order valence-electron chi connectivity index (χ2n) is 6.58. The summed E-state index contributed by atoms with van der Waals surface area (Å²) in [4.78, 5) is 12.5. The molecule has 7 heteroatoms. The molecule has 2 aromatic rings. The Kier molecular flexibility index (Phi) is 5.94. The second kappa shape index (κ2) is 8.21. The van der Waals surface area contributed by atoms with Gasteiger partial charge in [0.05, 0.1) is 11.5 Å². The number of nitrogens with zero attached hydrogens (tertiary/aromatic N) is 1. The Bertz CT molecular complexity index is 941. The molecule has 3 rings (SSSR count). The van der Waals surface area contributed by atoms with Crippen molar-refractivity contribution in [2.24, 2.45) is 0 Å². The maximum atomic E-state index is 13.1. The molecule has 1 heterocycles. The van der Waals surface area contributed by atoms with Crippen LogP contribution in [0.5, 0.6) is 0 Å². The number of hydrogen-bond donors (Lipinski definition) is 1. The summed E-state index contributed by atoms with van der Waals surface area (Å²) in [5.74, 6) is -0.300. The van der Waals surface area contributed by atoms with E-state index in [0.717, 1.165) is 11.1 Å². The van der Waals surface area contributed by atoms with Gasteiger partial charge in [0.1, 0.15) is 0 Å². The van der Waals surface area contributed by atoms with Crippen molar-refractivity contribution in [3.63, 3.8) is 0 Å². The van der Waals surface area contributed by atoms with Crippen molar-refractivity contribution in [3.05, 3.63) is 64.7 Å². The first-order valence-corrected chi connectivity index (χ1v) is 10.3. The number of carbonyl (C=O) groups is 1. The van der Waals surface area contributed by atoms with Gasteiger partial charge in [-0.15, -0.1) is 0 Å². The summed E-state index contributed by atoms with van der Waals surface area (Å²) in [6, 6.07) is 12.6. The predicted octanol–water partition coefficient (Wildman–Crippen LogP) is 2.12. The van der Waals surface area contributed by atoms with Crippen LogP contribution >= 0.6 is 0 Å². The van der Waals surface area contributed by atoms with Crippen molar-refractivity contribution < 1.29 is 17.9 Å². The van der Waals surface area contributed by atoms with Gasteiger partial charge in [0.25, 0.3) is 5.91 Å². The lowest BCUT2D eigenvalue weighted by molar-refractivity contribution is 0.0936. The van der Waals surface area contributed by atoms with E-state index < -0.39 is 10.0 Å². The van der Waals surface area contributed by atoms with Gasteiger partial charge in [0.15, 0.2) is 0 Å². The number of ether oxygens (including phenoxy) is 1. The lowest BCUT2D eigenvalue weighted by Crippen LogP contribution is -2.36. The molecule has 0 saturated carbocycles. The van der Waals surface area contributed by atoms with Gasteiger partial charge in [-0.25, -0.2) is 8.42 Å². The molecule has 1 amide bonds. The van der Waals surface area contributed by atoms with E-state index in [1.54, 1.807) is 26.2 Å². The summed E-state index contributed by atoms with van der Waals surface area (Å²) in [6.45, 7) is 3.34. The lowest BCUT2D eigenvalue weighted by Gasteiger charge is -2.28. The van der Waals surface area contributed by atoms with Crippen LogP contribution in [0.2, 0.25) is 0 Å². The van der Waals surface area contributed by atoms with Crippen LogP contribution in [-0.4, -0.2) is 45.4 Å². The minimum absolute atomic E-state index is 0.143. The van der Waals surface area contributed by atoms with Crippen molar-refractivity contribution in [2.75, 3.05) is 26.8 Å². The van der Waals surface area contributed by atoms with Crippen molar-refractivity contribution in [1.82, 2.24) is 9.62 Å². The van der Waals surface area contributed by atoms with Gasteiger partial charge in [-0.05, 0) is 42.2 Å². The Hall–Kier alpha value is -2.22. The molecule has 27 heavy (non-hydrogen) atoms. The first-order valence-electron chi connectivity index (χ1n) is 8.88. The Morgan fingerprint density at radius 2 is 1.93 bits per heavy atom. The highest BCUT2D eigenvalue weighted by molar-refractivity contribution is 7.89. The summed E-state index contributed by atoms with van der Waals surface area (Å²) in [5, 5.41) is 2.74. The Morgan fingerprint density at radius 1 is 1.19 bits per heavy atom. The van der Waals surface area contributed by atoms with Crippen LogP contribution in [-0.2, 0) is 27.7 Å². The number of hydrogen-bond acceptors (Lipinski definition) is 4. The summed E-state index contributed by atoms with van der Waals surface area (Å²) in [6.07, 6.45) is 0.686. The van der Waals surface area contributed by atoms with Gasteiger partial charge in [0, 0.05) is 32.3 Å². The molecule has 0 fully saturated rings. The Labute approximate surface area is 160 Å². The molecular weight excluding hydrogens is 364 g/mol. The molecule has 144 valence electrons. The fraction of sp³-hybridized carbons (Fsp3) is 0.350. The molecule has 1 aliphatic heterocycles. The Balaban J connectivity index is 1.85. The largest absolute Gasteiger partial charge is 0.383 e. The van der Waals surface area contributed by atoms with E-state index in [2.05, 4.69) is 5.32 Å². The highest BCUT2D eigenvalue weighted by atomic mass is 32.2. The zero-order valence-electron chi connectivity index (χ0n) is 15.6. The molecule has 0 saturated heterocycles. The summed E-state index contributed by atoms with van der Waals surface area (Å²) in [7, 11) is -2.12. The van der Waals surface area contributed by atoms with Crippen LogP contribution in [0.25, 0.3) is 0 Å². The molecule has 1 N–H and O–H groups in total. The molecule has 0 aromatic heterocycles. The second-order valence-corrected chi connectivity index (χ2v) is 8.52. The summed E-state index contributed by atoms with van der Waals surface area (Å²) < 4.78 is 32.6. The van der Waals surface area contributed by atoms with Gasteiger partial charge >= 0.3 is 0 Å². The van der Waals surface area contributed by atoms with E-state index in [0.29, 0.717) is 38.2 Å². The number of aryl methyl sites for hydroxylation is 1. The van der Waals surface area contributed by atoms with Crippen molar-refractivity contribution >= 4 is 15.9 Å². The van der Waals surface area contributed by atoms with E-state index in [1.165, 1.54) is 15.9 Å². The van der Waals surface area contributed by atoms with Gasteiger partial charge in [-0.1, -0.05) is 30.3 Å². The highest BCUT2D eigenvalue weighted by Gasteiger charge is 2.29. The maximum Gasteiger partial charge on any atom is 0.251 e. The van der Waals surface area contributed by atoms with E-state index >= 15 is 0 Å². The third kappa shape index (κ3) is 4.21. The van der Waals surface area contributed by atoms with E-state index in [9.17, 15) is 13.2 Å². The minimum atomic E-state index is -3.67. The number of fused-ring (bicyclic) bond motifs is 1. The number of carbonyl (C=O) groups excluding carboxylic acids is 1. The number of rotatable bonds is 6. The molecule has 0 spiro atoms. The third-order valence-electron chi connectivity index (χ3n) is 4.78. The van der Waals surface area contributed by atoms with Crippen LogP contribution in [0, 0.1) is 6.92 Å². The van der Waals surface area contributed by atoms with Crippen LogP contribution in [0.15, 0.2) is 47.4 Å². The number of benzene rings is 2. The molecule has 0 atom stereocenters. The lowest BCUT2D eigenvalue weighted by atomic mass is 10.0. The first-order chi connectivity index (χ1) is 12.9. The highest BCUT2D eigenvalue weighted by Crippen LogP contribution is 2.26. The average molecular weight is 388 g/mol. The smallest absolute Gasteiger partial charge is 0.251 e. The molecule has 0 radical (unpaired) electrons. The molecule has 0 aliphatic carbocycles. The minimum Gasteiger partial charge on any atom is -0.383 e. The normalized spacial score (nSPS) is 14.6. The third-order valence-corrected chi connectivity index (χ3v) is 6.62. The van der Waals surface area contributed by atoms with Crippen molar-refractivity contribution in [3.8, 4) is 0 Å². The SMILES string of the molecule is COCCNC(=O)c1cc(S(=O)(=O)N2CCc3ccccc3C2)ccc1C. The molecule has 6 nitrogen and oxygen atoms in total. The van der Waals surface area contributed by atoms with E-state index in [4.69, 9.17) is 4.74 Å². The topological polar surface area (TPSA) is 75.7 Å². The number of nitrogens with one attached hydrogen (secondary N) is 1. The molecule has 0 bridgehead atoms. The van der Waals surface area contributed by atoms with Crippen molar-refractivity contribution in [2.45, 2.75) is 24.8 Å². The quantitative estimate of drug-likeness (QED) is 0.769. The predicted molar refractivity (Wildman–Crippen MR) is 103 cm³/mol. The molecule has 2 aromatic carbocycles. The van der Waals surface area contributed by atoms with E-state index in [-0.39, 0.29) is 10.8 Å². The van der Waals surface area contributed by atoms with Gasteiger partial charge in [0.2, 0.25) is 10.0 Å². The Morgan fingerprint density at radius 3 is 2.67 bits per heavy atom. The first kappa shape index (κ1) is 19.5. The van der Waals surface area contributed by atoms with Crippen LogP contribution in [0.4, 0.5) is 0 Å². The zero-order chi connectivity index (χ0) is 19.4. The van der Waals surface area contributed by atoms with Crippen LogP contribution < -0.4 is 5.32 Å². The summed E-state index contributed by atoms with van der Waals surface area (Å²) >= 11 is 0. The van der Waals surface area contributed by atoms with Gasteiger partial charge in [-0.3, -0.25) is 4.79 Å². The molecule has 0 unspecified atom stereocenters. The monoisotopic (exact) mass is 388 g/mol. The van der Waals surface area contributed by atoms with Crippen molar-refractivity contribution in [1.29, 1.82) is 0 Å². The molecule has 1 aliphatic rings. The summed E-state index contributed by atoms with van der Waals surface area (Å²) in [5.41, 5.74) is 3.31. The standard InChI is InChI=1S/C20H24N2O4S/c1-15-7-8-18(13-19(15)20(23)21-10-12-26-2)27(24,25)22-11-9-16-5-3-4-6-17(16)14-22/h3-8,13H,9-12,14H2,1-2H3,(H,21,23). The molecular formula is C20H24N2O4S.